The number of nitrogens with zero attached hydrogens (tertiary/aromatic N) is 3. The van der Waals surface area contributed by atoms with Gasteiger partial charge in [-0.2, -0.15) is 0 Å². The summed E-state index contributed by atoms with van der Waals surface area (Å²) in [5.41, 5.74) is 7.13. The maximum atomic E-state index is 5.49. The van der Waals surface area contributed by atoms with Crippen molar-refractivity contribution in [2.45, 2.75) is 13.3 Å². The lowest BCUT2D eigenvalue weighted by atomic mass is 10.4. The highest BCUT2D eigenvalue weighted by Gasteiger charge is 1.99. The lowest BCUT2D eigenvalue weighted by molar-refractivity contribution is 0.962. The van der Waals surface area contributed by atoms with Crippen molar-refractivity contribution >= 4 is 23.0 Å². The molecule has 3 N–H and O–H groups in total. The van der Waals surface area contributed by atoms with Crippen molar-refractivity contribution in [1.82, 2.24) is 15.0 Å². The van der Waals surface area contributed by atoms with Crippen LogP contribution in [0.2, 0.25) is 0 Å². The molecule has 0 saturated heterocycles. The third-order valence-corrected chi connectivity index (χ3v) is 2.99. The summed E-state index contributed by atoms with van der Waals surface area (Å²) in [4.78, 5) is 12.5. The van der Waals surface area contributed by atoms with Gasteiger partial charge in [-0.3, -0.25) is 0 Å². The fourth-order valence-electron chi connectivity index (χ4n) is 1.23. The van der Waals surface area contributed by atoms with Crippen molar-refractivity contribution in [3.63, 3.8) is 0 Å². The summed E-state index contributed by atoms with van der Waals surface area (Å²) in [7, 11) is 0. The SMILES string of the molecule is Cc1csc(CCNc2ncc(N)cn2)n1. The average molecular weight is 235 g/mol. The number of nitrogens with one attached hydrogen (secondary N) is 1. The minimum absolute atomic E-state index is 0.570. The van der Waals surface area contributed by atoms with Crippen LogP contribution >= 0.6 is 11.3 Å². The van der Waals surface area contributed by atoms with Gasteiger partial charge in [-0.25, -0.2) is 15.0 Å². The molecule has 2 aromatic heterocycles. The Labute approximate surface area is 97.8 Å². The first-order valence-corrected chi connectivity index (χ1v) is 5.84. The summed E-state index contributed by atoms with van der Waals surface area (Å²) in [5, 5.41) is 6.29. The molecule has 2 heterocycles. The monoisotopic (exact) mass is 235 g/mol. The van der Waals surface area contributed by atoms with E-state index < -0.39 is 0 Å². The summed E-state index contributed by atoms with van der Waals surface area (Å²) in [6.07, 6.45) is 4.05. The minimum atomic E-state index is 0.570. The summed E-state index contributed by atoms with van der Waals surface area (Å²) in [6.45, 7) is 2.77. The van der Waals surface area contributed by atoms with E-state index in [-0.39, 0.29) is 0 Å². The number of aryl methyl sites for hydroxylation is 1. The third kappa shape index (κ3) is 2.90. The Hall–Kier alpha value is -1.69. The van der Waals surface area contributed by atoms with Crippen molar-refractivity contribution in [3.8, 4) is 0 Å². The Kier molecular flexibility index (Phi) is 3.31. The topological polar surface area (TPSA) is 76.7 Å². The van der Waals surface area contributed by atoms with Gasteiger partial charge in [0.2, 0.25) is 5.95 Å². The van der Waals surface area contributed by atoms with Crippen LogP contribution < -0.4 is 11.1 Å². The number of nitrogen functional groups attached to an aromatic ring is 1. The van der Waals surface area contributed by atoms with Crippen LogP contribution in [0.4, 0.5) is 11.6 Å². The number of rotatable bonds is 4. The lowest BCUT2D eigenvalue weighted by Crippen LogP contribution is -2.07. The zero-order chi connectivity index (χ0) is 11.4. The predicted molar refractivity (Wildman–Crippen MR) is 65.5 cm³/mol. The Balaban J connectivity index is 1.82. The smallest absolute Gasteiger partial charge is 0.222 e. The molecule has 5 nitrogen and oxygen atoms in total. The quantitative estimate of drug-likeness (QED) is 0.839. The van der Waals surface area contributed by atoms with Crippen molar-refractivity contribution < 1.29 is 0 Å². The Morgan fingerprint density at radius 1 is 1.38 bits per heavy atom. The molecule has 0 saturated carbocycles. The second-order valence-corrected chi connectivity index (χ2v) is 4.34. The molecule has 6 heteroatoms. The van der Waals surface area contributed by atoms with Gasteiger partial charge >= 0.3 is 0 Å². The highest BCUT2D eigenvalue weighted by molar-refractivity contribution is 7.09. The number of hydrogen-bond donors (Lipinski definition) is 2. The number of nitrogens with two attached hydrogens (primary N) is 1. The van der Waals surface area contributed by atoms with Gasteiger partial charge in [0.15, 0.2) is 0 Å². The van der Waals surface area contributed by atoms with E-state index in [2.05, 4.69) is 25.6 Å². The van der Waals surface area contributed by atoms with Crippen LogP contribution in [-0.4, -0.2) is 21.5 Å². The molecular weight excluding hydrogens is 222 g/mol. The van der Waals surface area contributed by atoms with Crippen LogP contribution in [-0.2, 0) is 6.42 Å². The molecule has 0 amide bonds. The Bertz CT molecular complexity index is 450. The normalized spacial score (nSPS) is 10.3. The number of anilines is 2. The fourth-order valence-corrected chi connectivity index (χ4v) is 2.00. The van der Waals surface area contributed by atoms with Crippen molar-refractivity contribution in [3.05, 3.63) is 28.5 Å². The van der Waals surface area contributed by atoms with Gasteiger partial charge < -0.3 is 11.1 Å². The standard InChI is InChI=1S/C10H13N5S/c1-7-6-16-9(15-7)2-3-12-10-13-4-8(11)5-14-10/h4-6H,2-3,11H2,1H3,(H,12,13,14). The summed E-state index contributed by atoms with van der Waals surface area (Å²) >= 11 is 1.68. The van der Waals surface area contributed by atoms with Gasteiger partial charge in [0.1, 0.15) is 0 Å². The van der Waals surface area contributed by atoms with Crippen LogP contribution in [0.25, 0.3) is 0 Å². The van der Waals surface area contributed by atoms with Gasteiger partial charge in [0, 0.05) is 24.0 Å². The van der Waals surface area contributed by atoms with Crippen molar-refractivity contribution in [2.24, 2.45) is 0 Å². The zero-order valence-electron chi connectivity index (χ0n) is 8.97. The summed E-state index contributed by atoms with van der Waals surface area (Å²) in [5.74, 6) is 0.600. The number of hydrogen-bond acceptors (Lipinski definition) is 6. The molecule has 16 heavy (non-hydrogen) atoms. The van der Waals surface area contributed by atoms with E-state index in [1.165, 1.54) is 0 Å². The van der Waals surface area contributed by atoms with Gasteiger partial charge in [-0.1, -0.05) is 0 Å². The molecule has 0 aromatic carbocycles. The molecule has 0 bridgehead atoms. The van der Waals surface area contributed by atoms with Crippen LogP contribution in [0.5, 0.6) is 0 Å². The molecule has 0 fully saturated rings. The maximum absolute atomic E-state index is 5.49. The van der Waals surface area contributed by atoms with Crippen molar-refractivity contribution in [2.75, 3.05) is 17.6 Å². The molecule has 0 unspecified atom stereocenters. The summed E-state index contributed by atoms with van der Waals surface area (Å²) in [6, 6.07) is 0. The van der Waals surface area contributed by atoms with Gasteiger partial charge in [0.05, 0.1) is 23.1 Å². The van der Waals surface area contributed by atoms with Gasteiger partial charge in [0.25, 0.3) is 0 Å². The van der Waals surface area contributed by atoms with E-state index >= 15 is 0 Å². The first-order valence-electron chi connectivity index (χ1n) is 4.96. The predicted octanol–water partition coefficient (Wildman–Crippen LogP) is 1.48. The second kappa shape index (κ2) is 4.89. The van der Waals surface area contributed by atoms with E-state index in [1.807, 2.05) is 6.92 Å². The lowest BCUT2D eigenvalue weighted by Gasteiger charge is -2.02. The van der Waals surface area contributed by atoms with E-state index in [1.54, 1.807) is 23.7 Å². The van der Waals surface area contributed by atoms with Gasteiger partial charge in [-0.05, 0) is 6.92 Å². The zero-order valence-corrected chi connectivity index (χ0v) is 9.79. The van der Waals surface area contributed by atoms with E-state index in [0.717, 1.165) is 23.7 Å². The molecule has 2 rings (SSSR count). The number of thiazole rings is 1. The Morgan fingerprint density at radius 3 is 2.75 bits per heavy atom. The minimum Gasteiger partial charge on any atom is -0.396 e. The number of aromatic nitrogens is 3. The fraction of sp³-hybridized carbons (Fsp3) is 0.300. The molecule has 0 aliphatic heterocycles. The molecule has 0 aliphatic rings. The molecular formula is C10H13N5S. The highest BCUT2D eigenvalue weighted by atomic mass is 32.1. The molecule has 0 atom stereocenters. The first kappa shape index (κ1) is 10.8. The van der Waals surface area contributed by atoms with Crippen LogP contribution in [0.15, 0.2) is 17.8 Å². The largest absolute Gasteiger partial charge is 0.396 e. The molecule has 0 spiro atoms. The molecule has 84 valence electrons. The maximum Gasteiger partial charge on any atom is 0.222 e. The van der Waals surface area contributed by atoms with E-state index in [9.17, 15) is 0 Å². The van der Waals surface area contributed by atoms with Gasteiger partial charge in [-0.15, -0.1) is 11.3 Å². The van der Waals surface area contributed by atoms with Crippen LogP contribution in [0.3, 0.4) is 0 Å². The summed E-state index contributed by atoms with van der Waals surface area (Å²) < 4.78 is 0. The third-order valence-electron chi connectivity index (χ3n) is 1.96. The first-order chi connectivity index (χ1) is 7.74. The van der Waals surface area contributed by atoms with E-state index in [0.29, 0.717) is 11.6 Å². The Morgan fingerprint density at radius 2 is 2.12 bits per heavy atom. The molecule has 0 radical (unpaired) electrons. The average Bonchev–Trinajstić information content (AvgIpc) is 2.67. The van der Waals surface area contributed by atoms with Crippen LogP contribution in [0, 0.1) is 6.92 Å². The van der Waals surface area contributed by atoms with E-state index in [4.69, 9.17) is 5.73 Å². The molecule has 2 aromatic rings. The van der Waals surface area contributed by atoms with Crippen LogP contribution in [0.1, 0.15) is 10.7 Å². The molecule has 0 aliphatic carbocycles. The highest BCUT2D eigenvalue weighted by Crippen LogP contribution is 2.09. The second-order valence-electron chi connectivity index (χ2n) is 3.40. The van der Waals surface area contributed by atoms with Crippen molar-refractivity contribution in [1.29, 1.82) is 0 Å².